The fourth-order valence-electron chi connectivity index (χ4n) is 1.66. The molecule has 0 saturated heterocycles. The number of rotatable bonds is 4. The van der Waals surface area contributed by atoms with Gasteiger partial charge in [0, 0.05) is 0 Å². The van der Waals surface area contributed by atoms with Crippen molar-refractivity contribution in [3.63, 3.8) is 0 Å². The van der Waals surface area contributed by atoms with Crippen molar-refractivity contribution in [2.24, 2.45) is 16.7 Å². The van der Waals surface area contributed by atoms with Gasteiger partial charge in [0.15, 0.2) is 0 Å². The Labute approximate surface area is 90.8 Å². The molecule has 0 heterocycles. The maximum Gasteiger partial charge on any atom is -0.00980 e. The highest BCUT2D eigenvalue weighted by molar-refractivity contribution is 5.02. The zero-order chi connectivity index (χ0) is 11.4. The number of hydrogen-bond acceptors (Lipinski definition) is 0. The molecular weight excluding hydrogens is 168 g/mol. The zero-order valence-corrected chi connectivity index (χ0v) is 11.1. The van der Waals surface area contributed by atoms with E-state index in [1.165, 1.54) is 12.8 Å². The molecule has 0 amide bonds. The summed E-state index contributed by atoms with van der Waals surface area (Å²) in [6, 6.07) is 0. The summed E-state index contributed by atoms with van der Waals surface area (Å²) in [5.41, 5.74) is 0.695. The minimum Gasteiger partial charge on any atom is -0.0911 e. The van der Waals surface area contributed by atoms with Crippen LogP contribution in [-0.2, 0) is 0 Å². The third-order valence-corrected chi connectivity index (χ3v) is 3.49. The average molecular weight is 196 g/mol. The Hall–Kier alpha value is -0.260. The molecule has 0 aromatic heterocycles. The van der Waals surface area contributed by atoms with Crippen LogP contribution in [0.3, 0.4) is 0 Å². The van der Waals surface area contributed by atoms with Crippen molar-refractivity contribution >= 4 is 0 Å². The minimum absolute atomic E-state index is 0.339. The first-order chi connectivity index (χ1) is 6.23. The van der Waals surface area contributed by atoms with E-state index < -0.39 is 0 Å². The quantitative estimate of drug-likeness (QED) is 0.552. The van der Waals surface area contributed by atoms with Crippen molar-refractivity contribution in [1.29, 1.82) is 0 Å². The van der Waals surface area contributed by atoms with E-state index in [9.17, 15) is 0 Å². The van der Waals surface area contributed by atoms with Gasteiger partial charge in [0.25, 0.3) is 0 Å². The highest BCUT2D eigenvalue weighted by Crippen LogP contribution is 2.44. The molecule has 0 saturated carbocycles. The van der Waals surface area contributed by atoms with E-state index in [1.807, 2.05) is 0 Å². The normalized spacial score (nSPS) is 17.7. The van der Waals surface area contributed by atoms with Crippen molar-refractivity contribution in [3.8, 4) is 0 Å². The first-order valence-electron chi connectivity index (χ1n) is 5.87. The predicted octanol–water partition coefficient (Wildman–Crippen LogP) is 5.05. The van der Waals surface area contributed by atoms with Crippen LogP contribution in [0, 0.1) is 16.7 Å². The van der Waals surface area contributed by atoms with E-state index >= 15 is 0 Å². The van der Waals surface area contributed by atoms with Crippen LogP contribution in [0.5, 0.6) is 0 Å². The van der Waals surface area contributed by atoms with Gasteiger partial charge < -0.3 is 0 Å². The van der Waals surface area contributed by atoms with Crippen LogP contribution in [0.15, 0.2) is 12.2 Å². The Morgan fingerprint density at radius 2 is 1.57 bits per heavy atom. The molecule has 0 radical (unpaired) electrons. The van der Waals surface area contributed by atoms with Crippen LogP contribution < -0.4 is 0 Å². The molecule has 0 aliphatic rings. The fraction of sp³-hybridized carbons (Fsp3) is 0.857. The van der Waals surface area contributed by atoms with Crippen LogP contribution >= 0.6 is 0 Å². The average Bonchev–Trinajstić information content (AvgIpc) is 1.99. The molecule has 0 aromatic carbocycles. The van der Waals surface area contributed by atoms with E-state index in [1.54, 1.807) is 0 Å². The van der Waals surface area contributed by atoms with Crippen molar-refractivity contribution in [2.45, 2.75) is 61.3 Å². The molecule has 0 fully saturated rings. The molecule has 0 bridgehead atoms. The van der Waals surface area contributed by atoms with E-state index in [4.69, 9.17) is 0 Å². The van der Waals surface area contributed by atoms with Crippen LogP contribution in [0.25, 0.3) is 0 Å². The van der Waals surface area contributed by atoms with Gasteiger partial charge in [-0.15, -0.1) is 0 Å². The second kappa shape index (κ2) is 5.00. The topological polar surface area (TPSA) is 0 Å². The smallest absolute Gasteiger partial charge is 0.00980 e. The maximum atomic E-state index is 2.38. The fourth-order valence-corrected chi connectivity index (χ4v) is 1.66. The summed E-state index contributed by atoms with van der Waals surface area (Å²) >= 11 is 0. The second-order valence-corrected chi connectivity index (χ2v) is 6.10. The Morgan fingerprint density at radius 1 is 1.07 bits per heavy atom. The molecule has 0 nitrogen and oxygen atoms in total. The molecule has 0 aliphatic carbocycles. The lowest BCUT2D eigenvalue weighted by Gasteiger charge is -2.40. The summed E-state index contributed by atoms with van der Waals surface area (Å²) in [7, 11) is 0. The number of hydrogen-bond donors (Lipinski definition) is 0. The molecule has 1 unspecified atom stereocenters. The SMILES string of the molecule is CC=CC(C)(CCC(C)C)C(C)(C)C. The van der Waals surface area contributed by atoms with E-state index in [0.29, 0.717) is 10.8 Å². The Balaban J connectivity index is 4.57. The molecule has 0 heteroatoms. The van der Waals surface area contributed by atoms with Gasteiger partial charge in [0.1, 0.15) is 0 Å². The van der Waals surface area contributed by atoms with Crippen molar-refractivity contribution in [2.75, 3.05) is 0 Å². The van der Waals surface area contributed by atoms with Crippen LogP contribution in [-0.4, -0.2) is 0 Å². The first kappa shape index (κ1) is 13.7. The van der Waals surface area contributed by atoms with Crippen LogP contribution in [0.4, 0.5) is 0 Å². The third kappa shape index (κ3) is 3.86. The van der Waals surface area contributed by atoms with Crippen LogP contribution in [0.2, 0.25) is 0 Å². The second-order valence-electron chi connectivity index (χ2n) is 6.10. The van der Waals surface area contributed by atoms with E-state index in [0.717, 1.165) is 5.92 Å². The minimum atomic E-state index is 0.339. The molecular formula is C14H28. The molecule has 0 N–H and O–H groups in total. The Kier molecular flexibility index (Phi) is 4.91. The summed E-state index contributed by atoms with van der Waals surface area (Å²) < 4.78 is 0. The van der Waals surface area contributed by atoms with Gasteiger partial charge in [0.05, 0.1) is 0 Å². The highest BCUT2D eigenvalue weighted by Gasteiger charge is 2.34. The van der Waals surface area contributed by atoms with Gasteiger partial charge in [-0.3, -0.25) is 0 Å². The third-order valence-electron chi connectivity index (χ3n) is 3.49. The Morgan fingerprint density at radius 3 is 1.86 bits per heavy atom. The lowest BCUT2D eigenvalue weighted by atomic mass is 9.65. The van der Waals surface area contributed by atoms with Gasteiger partial charge in [-0.1, -0.05) is 60.1 Å². The van der Waals surface area contributed by atoms with Gasteiger partial charge >= 0.3 is 0 Å². The standard InChI is InChI=1S/C14H28/c1-8-10-14(7,13(4,5)6)11-9-12(2)3/h8,10,12H,9,11H2,1-7H3. The largest absolute Gasteiger partial charge is 0.0911 e. The van der Waals surface area contributed by atoms with Crippen molar-refractivity contribution in [3.05, 3.63) is 12.2 Å². The summed E-state index contributed by atoms with van der Waals surface area (Å²) in [5.74, 6) is 0.807. The molecule has 84 valence electrons. The molecule has 1 atom stereocenters. The summed E-state index contributed by atoms with van der Waals surface area (Å²) in [6.07, 6.45) is 7.19. The molecule has 0 rings (SSSR count). The van der Waals surface area contributed by atoms with Crippen LogP contribution in [0.1, 0.15) is 61.3 Å². The van der Waals surface area contributed by atoms with Gasteiger partial charge in [0.2, 0.25) is 0 Å². The molecule has 0 aliphatic heterocycles. The van der Waals surface area contributed by atoms with Crippen molar-refractivity contribution < 1.29 is 0 Å². The Bertz CT molecular complexity index is 181. The summed E-state index contributed by atoms with van der Waals surface area (Å²) in [6.45, 7) is 16.1. The highest BCUT2D eigenvalue weighted by atomic mass is 14.4. The van der Waals surface area contributed by atoms with Gasteiger partial charge in [-0.25, -0.2) is 0 Å². The van der Waals surface area contributed by atoms with Gasteiger partial charge in [-0.05, 0) is 30.1 Å². The van der Waals surface area contributed by atoms with Crippen molar-refractivity contribution in [1.82, 2.24) is 0 Å². The number of allylic oxidation sites excluding steroid dienone is 2. The summed E-state index contributed by atoms with van der Waals surface area (Å²) in [5, 5.41) is 0. The molecule has 14 heavy (non-hydrogen) atoms. The summed E-state index contributed by atoms with van der Waals surface area (Å²) in [4.78, 5) is 0. The molecule has 0 spiro atoms. The van der Waals surface area contributed by atoms with E-state index in [2.05, 4.69) is 60.6 Å². The zero-order valence-electron chi connectivity index (χ0n) is 11.1. The lowest BCUT2D eigenvalue weighted by molar-refractivity contribution is 0.146. The van der Waals surface area contributed by atoms with Gasteiger partial charge in [-0.2, -0.15) is 0 Å². The van der Waals surface area contributed by atoms with E-state index in [-0.39, 0.29) is 0 Å². The maximum absolute atomic E-state index is 2.38. The predicted molar refractivity (Wildman–Crippen MR) is 66.4 cm³/mol. The molecule has 0 aromatic rings. The lowest BCUT2D eigenvalue weighted by Crippen LogP contribution is -2.31. The first-order valence-corrected chi connectivity index (χ1v) is 5.87. The monoisotopic (exact) mass is 196 g/mol.